The first kappa shape index (κ1) is 22.2. The standard InChI is InChI=1S/C26H24ClN5O2/c1-2-24(33)30-22-4-3-5-23(22)32-26-28-14-17-12-15(7-11-21(17)31-26)19-13-16(6-10-20(19)27)25(34)29-18-8-9-18/h1,6-7,10-14,18,22-23H,3-5,8-9H2,(H,29,34)(H,30,33)(H,28,31,32)/t22-,23+/m0/s1. The summed E-state index contributed by atoms with van der Waals surface area (Å²) in [6, 6.07) is 11.4. The van der Waals surface area contributed by atoms with Crippen LogP contribution < -0.4 is 16.0 Å². The molecule has 2 fully saturated rings. The van der Waals surface area contributed by atoms with Gasteiger partial charge in [0, 0.05) is 45.9 Å². The molecule has 7 nitrogen and oxygen atoms in total. The maximum Gasteiger partial charge on any atom is 0.295 e. The Balaban J connectivity index is 1.36. The maximum atomic E-state index is 12.5. The summed E-state index contributed by atoms with van der Waals surface area (Å²) in [5.41, 5.74) is 3.04. The fourth-order valence-corrected chi connectivity index (χ4v) is 4.56. The third-order valence-electron chi connectivity index (χ3n) is 6.31. The normalized spacial score (nSPS) is 19.4. The number of terminal acetylenes is 1. The van der Waals surface area contributed by atoms with Crippen LogP contribution in [0.4, 0.5) is 5.95 Å². The highest BCUT2D eigenvalue weighted by Gasteiger charge is 2.29. The lowest BCUT2D eigenvalue weighted by Crippen LogP contribution is -2.43. The maximum absolute atomic E-state index is 12.5. The Bertz CT molecular complexity index is 1310. The van der Waals surface area contributed by atoms with Crippen LogP contribution in [0.15, 0.2) is 42.6 Å². The zero-order valence-electron chi connectivity index (χ0n) is 18.5. The average molecular weight is 474 g/mol. The summed E-state index contributed by atoms with van der Waals surface area (Å²) in [6.07, 6.45) is 11.8. The second-order valence-electron chi connectivity index (χ2n) is 8.82. The van der Waals surface area contributed by atoms with E-state index in [0.717, 1.165) is 54.1 Å². The van der Waals surface area contributed by atoms with Gasteiger partial charge in [-0.3, -0.25) is 9.59 Å². The molecule has 0 unspecified atom stereocenters. The van der Waals surface area contributed by atoms with Crippen molar-refractivity contribution in [1.82, 2.24) is 20.6 Å². The molecule has 0 aliphatic heterocycles. The highest BCUT2D eigenvalue weighted by molar-refractivity contribution is 6.33. The van der Waals surface area contributed by atoms with E-state index < -0.39 is 5.91 Å². The fraction of sp³-hybridized carbons (Fsp3) is 0.308. The number of benzene rings is 2. The molecule has 0 spiro atoms. The first-order valence-corrected chi connectivity index (χ1v) is 11.8. The highest BCUT2D eigenvalue weighted by atomic mass is 35.5. The number of anilines is 1. The molecule has 2 atom stereocenters. The molecule has 34 heavy (non-hydrogen) atoms. The van der Waals surface area contributed by atoms with Gasteiger partial charge in [0.2, 0.25) is 5.95 Å². The van der Waals surface area contributed by atoms with Gasteiger partial charge in [-0.15, -0.1) is 6.42 Å². The third kappa shape index (κ3) is 4.82. The van der Waals surface area contributed by atoms with Gasteiger partial charge >= 0.3 is 0 Å². The Morgan fingerprint density at radius 3 is 2.65 bits per heavy atom. The number of carbonyl (C=O) groups is 2. The van der Waals surface area contributed by atoms with Crippen molar-refractivity contribution in [2.24, 2.45) is 0 Å². The van der Waals surface area contributed by atoms with Crippen LogP contribution in [0.1, 0.15) is 42.5 Å². The Morgan fingerprint density at radius 1 is 1.03 bits per heavy atom. The number of aromatic nitrogens is 2. The smallest absolute Gasteiger partial charge is 0.295 e. The second-order valence-corrected chi connectivity index (χ2v) is 9.22. The second kappa shape index (κ2) is 9.32. The van der Waals surface area contributed by atoms with E-state index in [1.807, 2.05) is 24.3 Å². The monoisotopic (exact) mass is 473 g/mol. The molecule has 0 radical (unpaired) electrons. The largest absolute Gasteiger partial charge is 0.349 e. The SMILES string of the molecule is C#CC(=O)N[C@H]1CCC[C@H]1Nc1ncc2cc(-c3cc(C(=O)NC4CC4)ccc3Cl)ccc2n1. The van der Waals surface area contributed by atoms with E-state index in [2.05, 4.69) is 31.8 Å². The highest BCUT2D eigenvalue weighted by Crippen LogP contribution is 2.32. The Kier molecular flexibility index (Phi) is 6.08. The van der Waals surface area contributed by atoms with Gasteiger partial charge in [-0.25, -0.2) is 9.97 Å². The van der Waals surface area contributed by atoms with E-state index in [1.165, 1.54) is 0 Å². The van der Waals surface area contributed by atoms with E-state index >= 15 is 0 Å². The van der Waals surface area contributed by atoms with Gasteiger partial charge in [0.1, 0.15) is 0 Å². The first-order valence-electron chi connectivity index (χ1n) is 11.4. The summed E-state index contributed by atoms with van der Waals surface area (Å²) >= 11 is 6.47. The molecular weight excluding hydrogens is 450 g/mol. The summed E-state index contributed by atoms with van der Waals surface area (Å²) in [5, 5.41) is 10.6. The zero-order valence-corrected chi connectivity index (χ0v) is 19.2. The van der Waals surface area contributed by atoms with Crippen LogP contribution in [0.5, 0.6) is 0 Å². The summed E-state index contributed by atoms with van der Waals surface area (Å²) in [7, 11) is 0. The van der Waals surface area contributed by atoms with Crippen LogP contribution in [-0.4, -0.2) is 39.9 Å². The molecule has 2 aromatic carbocycles. The molecular formula is C26H24ClN5O2. The van der Waals surface area contributed by atoms with Crippen molar-refractivity contribution in [3.05, 3.63) is 53.2 Å². The molecule has 2 aliphatic carbocycles. The van der Waals surface area contributed by atoms with Crippen LogP contribution in [-0.2, 0) is 4.79 Å². The molecule has 1 heterocycles. The number of hydrogen-bond acceptors (Lipinski definition) is 5. The number of halogens is 1. The van der Waals surface area contributed by atoms with Gasteiger partial charge in [0.15, 0.2) is 0 Å². The molecule has 172 valence electrons. The van der Waals surface area contributed by atoms with E-state index in [0.29, 0.717) is 22.6 Å². The molecule has 8 heteroatoms. The van der Waals surface area contributed by atoms with Gasteiger partial charge in [-0.1, -0.05) is 17.7 Å². The predicted molar refractivity (Wildman–Crippen MR) is 132 cm³/mol. The van der Waals surface area contributed by atoms with E-state index in [4.69, 9.17) is 18.0 Å². The number of hydrogen-bond donors (Lipinski definition) is 3. The molecule has 3 aromatic rings. The summed E-state index contributed by atoms with van der Waals surface area (Å²) in [6.45, 7) is 0. The Morgan fingerprint density at radius 2 is 1.85 bits per heavy atom. The van der Waals surface area contributed by atoms with Gasteiger partial charge in [0.25, 0.3) is 11.8 Å². The minimum Gasteiger partial charge on any atom is -0.349 e. The van der Waals surface area contributed by atoms with Crippen LogP contribution in [0, 0.1) is 12.3 Å². The Labute approximate surface area is 202 Å². The van der Waals surface area contributed by atoms with Crippen molar-refractivity contribution in [3.63, 3.8) is 0 Å². The predicted octanol–water partition coefficient (Wildman–Crippen LogP) is 3.92. The lowest BCUT2D eigenvalue weighted by Gasteiger charge is -2.21. The topological polar surface area (TPSA) is 96.0 Å². The number of nitrogens with zero attached hydrogens (tertiary/aromatic N) is 2. The van der Waals surface area contributed by atoms with Gasteiger partial charge in [-0.2, -0.15) is 0 Å². The van der Waals surface area contributed by atoms with Crippen LogP contribution in [0.2, 0.25) is 5.02 Å². The number of carbonyl (C=O) groups excluding carboxylic acids is 2. The number of fused-ring (bicyclic) bond motifs is 1. The van der Waals surface area contributed by atoms with Crippen molar-refractivity contribution < 1.29 is 9.59 Å². The minimum atomic E-state index is -0.404. The summed E-state index contributed by atoms with van der Waals surface area (Å²) in [5.74, 6) is 2.12. The zero-order chi connectivity index (χ0) is 23.7. The van der Waals surface area contributed by atoms with Crippen molar-refractivity contribution >= 4 is 40.3 Å². The minimum absolute atomic E-state index is 0.0253. The molecule has 0 saturated heterocycles. The quantitative estimate of drug-likeness (QED) is 0.471. The van der Waals surface area contributed by atoms with Gasteiger partial charge in [0.05, 0.1) is 5.52 Å². The molecule has 2 amide bonds. The first-order chi connectivity index (χ1) is 16.5. The van der Waals surface area contributed by atoms with Crippen LogP contribution in [0.25, 0.3) is 22.0 Å². The molecule has 5 rings (SSSR count). The molecule has 0 bridgehead atoms. The van der Waals surface area contributed by atoms with E-state index in [1.54, 1.807) is 18.3 Å². The van der Waals surface area contributed by atoms with E-state index in [-0.39, 0.29) is 18.0 Å². The van der Waals surface area contributed by atoms with Crippen LogP contribution in [0.3, 0.4) is 0 Å². The lowest BCUT2D eigenvalue weighted by atomic mass is 10.0. The van der Waals surface area contributed by atoms with Crippen molar-refractivity contribution in [2.45, 2.75) is 50.2 Å². The number of amides is 2. The number of rotatable bonds is 6. The molecule has 2 aliphatic rings. The lowest BCUT2D eigenvalue weighted by molar-refractivity contribution is -0.116. The third-order valence-corrected chi connectivity index (χ3v) is 6.64. The molecule has 1 aromatic heterocycles. The fourth-order valence-electron chi connectivity index (χ4n) is 4.34. The molecule has 3 N–H and O–H groups in total. The van der Waals surface area contributed by atoms with Crippen molar-refractivity contribution in [3.8, 4) is 23.5 Å². The van der Waals surface area contributed by atoms with Gasteiger partial charge in [-0.05, 0) is 73.9 Å². The van der Waals surface area contributed by atoms with E-state index in [9.17, 15) is 9.59 Å². The van der Waals surface area contributed by atoms with Crippen molar-refractivity contribution in [2.75, 3.05) is 5.32 Å². The summed E-state index contributed by atoms with van der Waals surface area (Å²) in [4.78, 5) is 33.2. The van der Waals surface area contributed by atoms with Crippen LogP contribution >= 0.6 is 11.6 Å². The molecule has 2 saturated carbocycles. The van der Waals surface area contributed by atoms with Gasteiger partial charge < -0.3 is 16.0 Å². The van der Waals surface area contributed by atoms with Crippen molar-refractivity contribution in [1.29, 1.82) is 0 Å². The number of nitrogens with one attached hydrogen (secondary N) is 3. The average Bonchev–Trinajstić information content (AvgIpc) is 3.56. The Hall–Kier alpha value is -3.63. The summed E-state index contributed by atoms with van der Waals surface area (Å²) < 4.78 is 0.